The number of hydrogen-bond donors (Lipinski definition) is 0. The van der Waals surface area contributed by atoms with Gasteiger partial charge in [-0.05, 0) is 50.2 Å². The molecule has 1 aromatic carbocycles. The summed E-state index contributed by atoms with van der Waals surface area (Å²) in [6.07, 6.45) is 7.59. The van der Waals surface area contributed by atoms with Crippen molar-refractivity contribution in [3.63, 3.8) is 0 Å². The highest BCUT2D eigenvalue weighted by Gasteiger charge is 2.29. The molecule has 1 saturated carbocycles. The van der Waals surface area contributed by atoms with E-state index in [1.54, 1.807) is 18.2 Å². The van der Waals surface area contributed by atoms with E-state index in [9.17, 15) is 9.18 Å². The second-order valence-corrected chi connectivity index (χ2v) is 6.82. The molecule has 2 aliphatic rings. The Bertz CT molecular complexity index is 520. The number of ether oxygens (including phenoxy) is 1. The molecule has 0 bridgehead atoms. The lowest BCUT2D eigenvalue weighted by molar-refractivity contribution is -0.136. The quantitative estimate of drug-likeness (QED) is 0.820. The topological polar surface area (TPSA) is 29.5 Å². The van der Waals surface area contributed by atoms with E-state index in [1.807, 2.05) is 0 Å². The van der Waals surface area contributed by atoms with Gasteiger partial charge in [-0.15, -0.1) is 0 Å². The van der Waals surface area contributed by atoms with E-state index in [4.69, 9.17) is 4.74 Å². The molecule has 1 aliphatic carbocycles. The van der Waals surface area contributed by atoms with Crippen LogP contribution in [0.2, 0.25) is 0 Å². The average Bonchev–Trinajstić information content (AvgIpc) is 3.11. The summed E-state index contributed by atoms with van der Waals surface area (Å²) in [5, 5.41) is 0. The third-order valence-electron chi connectivity index (χ3n) is 5.25. The molecule has 3 rings (SSSR count). The number of rotatable bonds is 5. The van der Waals surface area contributed by atoms with Crippen LogP contribution in [0.4, 0.5) is 4.39 Å². The third-order valence-corrected chi connectivity index (χ3v) is 5.25. The number of carbonyl (C=O) groups is 1. The Morgan fingerprint density at radius 1 is 1.13 bits per heavy atom. The maximum Gasteiger partial charge on any atom is 0.225 e. The summed E-state index contributed by atoms with van der Waals surface area (Å²) in [4.78, 5) is 14.5. The lowest BCUT2D eigenvalue weighted by Gasteiger charge is -2.33. The smallest absolute Gasteiger partial charge is 0.225 e. The number of hydrogen-bond acceptors (Lipinski definition) is 2. The van der Waals surface area contributed by atoms with Gasteiger partial charge in [-0.1, -0.05) is 25.0 Å². The second-order valence-electron chi connectivity index (χ2n) is 6.82. The van der Waals surface area contributed by atoms with Crippen molar-refractivity contribution in [3.05, 3.63) is 30.1 Å². The number of amides is 1. The van der Waals surface area contributed by atoms with E-state index in [1.165, 1.54) is 18.9 Å². The van der Waals surface area contributed by atoms with Gasteiger partial charge >= 0.3 is 0 Å². The molecule has 1 saturated heterocycles. The molecule has 2 fully saturated rings. The zero-order valence-corrected chi connectivity index (χ0v) is 13.7. The molecule has 1 heterocycles. The summed E-state index contributed by atoms with van der Waals surface area (Å²) < 4.78 is 19.0. The molecular formula is C19H26FNO2. The molecule has 1 amide bonds. The molecular weight excluding hydrogens is 293 g/mol. The Morgan fingerprint density at radius 2 is 1.83 bits per heavy atom. The van der Waals surface area contributed by atoms with Gasteiger partial charge in [0.15, 0.2) is 11.6 Å². The zero-order chi connectivity index (χ0) is 16.1. The molecule has 0 N–H and O–H groups in total. The van der Waals surface area contributed by atoms with E-state index in [-0.39, 0.29) is 11.7 Å². The van der Waals surface area contributed by atoms with Gasteiger partial charge in [0.2, 0.25) is 5.91 Å². The van der Waals surface area contributed by atoms with Crippen molar-refractivity contribution >= 4 is 5.91 Å². The number of para-hydroxylation sites is 1. The Kier molecular flexibility index (Phi) is 5.52. The minimum atomic E-state index is -0.301. The van der Waals surface area contributed by atoms with Crippen LogP contribution in [-0.4, -0.2) is 30.5 Å². The lowest BCUT2D eigenvalue weighted by atomic mass is 9.93. The second kappa shape index (κ2) is 7.80. The number of halogens is 1. The minimum absolute atomic E-state index is 0.288. The fourth-order valence-electron chi connectivity index (χ4n) is 3.77. The first-order valence-electron chi connectivity index (χ1n) is 8.90. The average molecular weight is 319 g/mol. The van der Waals surface area contributed by atoms with Gasteiger partial charge in [0, 0.05) is 19.0 Å². The molecule has 0 radical (unpaired) electrons. The standard InChI is InChI=1S/C19H26FNO2/c20-17-7-3-4-8-18(17)23-14-11-15-9-12-21(13-10-15)19(22)16-5-1-2-6-16/h3-4,7-8,15-16H,1-2,5-6,9-14H2. The minimum Gasteiger partial charge on any atom is -0.491 e. The summed E-state index contributed by atoms with van der Waals surface area (Å²) in [6.45, 7) is 2.29. The predicted molar refractivity (Wildman–Crippen MR) is 87.8 cm³/mol. The van der Waals surface area contributed by atoms with E-state index in [0.717, 1.165) is 45.2 Å². The Morgan fingerprint density at radius 3 is 2.52 bits per heavy atom. The molecule has 0 atom stereocenters. The zero-order valence-electron chi connectivity index (χ0n) is 13.7. The first kappa shape index (κ1) is 16.3. The highest BCUT2D eigenvalue weighted by atomic mass is 19.1. The van der Waals surface area contributed by atoms with Crippen molar-refractivity contribution in [2.24, 2.45) is 11.8 Å². The van der Waals surface area contributed by atoms with Gasteiger partial charge in [-0.2, -0.15) is 0 Å². The van der Waals surface area contributed by atoms with Crippen LogP contribution in [-0.2, 0) is 4.79 Å². The third kappa shape index (κ3) is 4.24. The van der Waals surface area contributed by atoms with Gasteiger partial charge in [0.05, 0.1) is 6.61 Å². The summed E-state index contributed by atoms with van der Waals surface area (Å²) in [7, 11) is 0. The summed E-state index contributed by atoms with van der Waals surface area (Å²) in [5.74, 6) is 1.28. The molecule has 23 heavy (non-hydrogen) atoms. The summed E-state index contributed by atoms with van der Waals surface area (Å²) in [5.41, 5.74) is 0. The molecule has 1 aliphatic heterocycles. The SMILES string of the molecule is O=C(C1CCCC1)N1CCC(CCOc2ccccc2F)CC1. The number of carbonyl (C=O) groups excluding carboxylic acids is 1. The number of likely N-dealkylation sites (tertiary alicyclic amines) is 1. The lowest BCUT2D eigenvalue weighted by Crippen LogP contribution is -2.41. The predicted octanol–water partition coefficient (Wildman–Crippen LogP) is 4.02. The van der Waals surface area contributed by atoms with Crippen LogP contribution in [0.3, 0.4) is 0 Å². The molecule has 4 heteroatoms. The van der Waals surface area contributed by atoms with Gasteiger partial charge in [0.25, 0.3) is 0 Å². The van der Waals surface area contributed by atoms with Crippen LogP contribution in [0.5, 0.6) is 5.75 Å². The van der Waals surface area contributed by atoms with E-state index in [0.29, 0.717) is 24.2 Å². The van der Waals surface area contributed by atoms with Crippen LogP contribution >= 0.6 is 0 Å². The van der Waals surface area contributed by atoms with Crippen molar-refractivity contribution in [2.45, 2.75) is 44.9 Å². The molecule has 0 spiro atoms. The van der Waals surface area contributed by atoms with E-state index >= 15 is 0 Å². The fourth-order valence-corrected chi connectivity index (χ4v) is 3.77. The van der Waals surface area contributed by atoms with Crippen molar-refractivity contribution < 1.29 is 13.9 Å². The Labute approximate surface area is 137 Å². The van der Waals surface area contributed by atoms with Crippen molar-refractivity contribution in [2.75, 3.05) is 19.7 Å². The normalized spacial score (nSPS) is 20.0. The first-order valence-corrected chi connectivity index (χ1v) is 8.90. The van der Waals surface area contributed by atoms with Crippen molar-refractivity contribution in [1.29, 1.82) is 0 Å². The fraction of sp³-hybridized carbons (Fsp3) is 0.632. The number of benzene rings is 1. The number of nitrogens with zero attached hydrogens (tertiary/aromatic N) is 1. The van der Waals surface area contributed by atoms with Crippen LogP contribution in [0.15, 0.2) is 24.3 Å². The largest absolute Gasteiger partial charge is 0.491 e. The molecule has 0 aromatic heterocycles. The molecule has 126 valence electrons. The van der Waals surface area contributed by atoms with Crippen LogP contribution < -0.4 is 4.74 Å². The summed E-state index contributed by atoms with van der Waals surface area (Å²) >= 11 is 0. The van der Waals surface area contributed by atoms with Gasteiger partial charge in [-0.25, -0.2) is 4.39 Å². The number of piperidine rings is 1. The van der Waals surface area contributed by atoms with E-state index in [2.05, 4.69) is 4.90 Å². The maximum atomic E-state index is 13.5. The Balaban J connectivity index is 1.37. The maximum absolute atomic E-state index is 13.5. The highest BCUT2D eigenvalue weighted by Crippen LogP contribution is 2.29. The van der Waals surface area contributed by atoms with E-state index < -0.39 is 0 Å². The monoisotopic (exact) mass is 319 g/mol. The van der Waals surface area contributed by atoms with Crippen molar-refractivity contribution in [3.8, 4) is 5.75 Å². The van der Waals surface area contributed by atoms with Crippen LogP contribution in [0.25, 0.3) is 0 Å². The van der Waals surface area contributed by atoms with Crippen LogP contribution in [0, 0.1) is 17.7 Å². The van der Waals surface area contributed by atoms with Crippen molar-refractivity contribution in [1.82, 2.24) is 4.90 Å². The van der Waals surface area contributed by atoms with Crippen LogP contribution in [0.1, 0.15) is 44.9 Å². The first-order chi connectivity index (χ1) is 11.2. The summed E-state index contributed by atoms with van der Waals surface area (Å²) in [6, 6.07) is 6.53. The van der Waals surface area contributed by atoms with Gasteiger partial charge in [0.1, 0.15) is 0 Å². The molecule has 0 unspecified atom stereocenters. The molecule has 3 nitrogen and oxygen atoms in total. The van der Waals surface area contributed by atoms with Gasteiger partial charge in [-0.3, -0.25) is 4.79 Å². The Hall–Kier alpha value is -1.58. The highest BCUT2D eigenvalue weighted by molar-refractivity contribution is 5.79. The molecule has 1 aromatic rings. The van der Waals surface area contributed by atoms with Gasteiger partial charge < -0.3 is 9.64 Å².